The lowest BCUT2D eigenvalue weighted by atomic mass is 9.86. The van der Waals surface area contributed by atoms with Gasteiger partial charge in [0.2, 0.25) is 0 Å². The zero-order valence-corrected chi connectivity index (χ0v) is 17.8. The summed E-state index contributed by atoms with van der Waals surface area (Å²) >= 11 is 1.70. The molecule has 1 aromatic heterocycles. The van der Waals surface area contributed by atoms with Gasteiger partial charge in [0.1, 0.15) is 5.82 Å². The highest BCUT2D eigenvalue weighted by atomic mass is 32.2. The zero-order chi connectivity index (χ0) is 20.2. The summed E-state index contributed by atoms with van der Waals surface area (Å²) < 4.78 is 0. The summed E-state index contributed by atoms with van der Waals surface area (Å²) in [6.07, 6.45) is 6.74. The second-order valence-corrected chi connectivity index (χ2v) is 8.65. The van der Waals surface area contributed by atoms with E-state index < -0.39 is 0 Å². The molecule has 0 aliphatic heterocycles. The van der Waals surface area contributed by atoms with Crippen LogP contribution in [0.4, 0.5) is 11.5 Å². The first-order chi connectivity index (χ1) is 14.1. The number of nitrogens with one attached hydrogen (secondary N) is 2. The van der Waals surface area contributed by atoms with Gasteiger partial charge in [-0.2, -0.15) is 0 Å². The number of para-hydroxylation sites is 1. The van der Waals surface area contributed by atoms with Crippen LogP contribution in [-0.4, -0.2) is 23.2 Å². The van der Waals surface area contributed by atoms with Gasteiger partial charge >= 0.3 is 0 Å². The van der Waals surface area contributed by atoms with Crippen molar-refractivity contribution in [3.05, 3.63) is 60.2 Å². The van der Waals surface area contributed by atoms with Gasteiger partial charge in [0, 0.05) is 22.0 Å². The van der Waals surface area contributed by atoms with Gasteiger partial charge in [-0.15, -0.1) is 11.8 Å². The summed E-state index contributed by atoms with van der Waals surface area (Å²) in [4.78, 5) is 19.1. The Morgan fingerprint density at radius 2 is 1.90 bits per heavy atom. The fourth-order valence-corrected chi connectivity index (χ4v) is 4.51. The zero-order valence-electron chi connectivity index (χ0n) is 16.9. The average molecular weight is 406 g/mol. The molecule has 1 saturated carbocycles. The maximum Gasteiger partial charge on any atom is 0.252 e. The molecule has 4 nitrogen and oxygen atoms in total. The first-order valence-electron chi connectivity index (χ1n) is 10.3. The minimum Gasteiger partial charge on any atom is -0.349 e. The van der Waals surface area contributed by atoms with E-state index in [2.05, 4.69) is 35.9 Å². The maximum absolute atomic E-state index is 13.2. The highest BCUT2D eigenvalue weighted by Crippen LogP contribution is 2.27. The minimum absolute atomic E-state index is 0.0109. The predicted molar refractivity (Wildman–Crippen MR) is 122 cm³/mol. The molecular formula is C24H27N3OS. The first-order valence-corrected chi connectivity index (χ1v) is 11.5. The SMILES string of the molecule is CSc1cccc(Nc2cc(C(=O)N[C@H]3CCCC[C@@H]3C)c3ccccc3n2)c1. The average Bonchev–Trinajstić information content (AvgIpc) is 2.75. The number of thioether (sulfide) groups is 1. The van der Waals surface area contributed by atoms with Gasteiger partial charge in [0.25, 0.3) is 5.91 Å². The minimum atomic E-state index is -0.0109. The van der Waals surface area contributed by atoms with E-state index in [1.54, 1.807) is 11.8 Å². The molecule has 2 N–H and O–H groups in total. The Hall–Kier alpha value is -2.53. The lowest BCUT2D eigenvalue weighted by Gasteiger charge is -2.29. The number of rotatable bonds is 5. The molecule has 1 fully saturated rings. The molecular weight excluding hydrogens is 378 g/mol. The number of anilines is 2. The van der Waals surface area contributed by atoms with E-state index in [1.165, 1.54) is 24.2 Å². The molecule has 4 rings (SSSR count). The highest BCUT2D eigenvalue weighted by Gasteiger charge is 2.24. The summed E-state index contributed by atoms with van der Waals surface area (Å²) in [6.45, 7) is 2.24. The number of carbonyl (C=O) groups is 1. The highest BCUT2D eigenvalue weighted by molar-refractivity contribution is 7.98. The molecule has 29 heavy (non-hydrogen) atoms. The van der Waals surface area contributed by atoms with E-state index in [4.69, 9.17) is 4.98 Å². The Morgan fingerprint density at radius 3 is 2.72 bits per heavy atom. The molecule has 3 aromatic rings. The molecule has 5 heteroatoms. The van der Waals surface area contributed by atoms with Crippen LogP contribution < -0.4 is 10.6 Å². The number of amides is 1. The number of hydrogen-bond donors (Lipinski definition) is 2. The van der Waals surface area contributed by atoms with Crippen LogP contribution >= 0.6 is 11.8 Å². The van der Waals surface area contributed by atoms with Gasteiger partial charge in [-0.05, 0) is 55.3 Å². The summed E-state index contributed by atoms with van der Waals surface area (Å²) in [5, 5.41) is 7.55. The standard InChI is InChI=1S/C24H27N3OS/c1-16-8-3-5-12-21(16)27-24(28)20-15-23(26-22-13-6-4-11-19(20)22)25-17-9-7-10-18(14-17)29-2/h4,6-7,9-11,13-16,21H,3,5,8,12H2,1-2H3,(H,25,26)(H,27,28)/t16-,21-/m0/s1. The Labute approximate surface area is 176 Å². The molecule has 1 heterocycles. The second-order valence-electron chi connectivity index (χ2n) is 7.77. The monoisotopic (exact) mass is 405 g/mol. The quantitative estimate of drug-likeness (QED) is 0.511. The second kappa shape index (κ2) is 8.87. The smallest absolute Gasteiger partial charge is 0.252 e. The molecule has 1 aliphatic rings. The fourth-order valence-electron chi connectivity index (χ4n) is 4.05. The fraction of sp³-hybridized carbons (Fsp3) is 0.333. The van der Waals surface area contributed by atoms with Crippen LogP contribution in [0.5, 0.6) is 0 Å². The molecule has 150 valence electrons. The third-order valence-electron chi connectivity index (χ3n) is 5.73. The largest absolute Gasteiger partial charge is 0.349 e. The van der Waals surface area contributed by atoms with Crippen LogP contribution in [0.2, 0.25) is 0 Å². The van der Waals surface area contributed by atoms with Crippen LogP contribution in [0.15, 0.2) is 59.5 Å². The van der Waals surface area contributed by atoms with Crippen LogP contribution in [0.3, 0.4) is 0 Å². The molecule has 1 amide bonds. The Balaban J connectivity index is 1.66. The van der Waals surface area contributed by atoms with Crippen LogP contribution in [0.25, 0.3) is 10.9 Å². The third kappa shape index (κ3) is 4.56. The predicted octanol–water partition coefficient (Wildman–Crippen LogP) is 6.01. The maximum atomic E-state index is 13.2. The lowest BCUT2D eigenvalue weighted by molar-refractivity contribution is 0.0912. The number of fused-ring (bicyclic) bond motifs is 1. The number of nitrogens with zero attached hydrogens (tertiary/aromatic N) is 1. The van der Waals surface area contributed by atoms with E-state index in [1.807, 2.05) is 42.5 Å². The van der Waals surface area contributed by atoms with Crippen molar-refractivity contribution in [3.8, 4) is 0 Å². The Bertz CT molecular complexity index is 1020. The van der Waals surface area contributed by atoms with Gasteiger partial charge in [-0.3, -0.25) is 4.79 Å². The summed E-state index contributed by atoms with van der Waals surface area (Å²) in [6, 6.07) is 18.2. The molecule has 0 bridgehead atoms. The number of pyridine rings is 1. The van der Waals surface area contributed by atoms with Gasteiger partial charge in [0.05, 0.1) is 11.1 Å². The van der Waals surface area contributed by atoms with E-state index in [-0.39, 0.29) is 11.9 Å². The van der Waals surface area contributed by atoms with Crippen molar-refractivity contribution in [2.75, 3.05) is 11.6 Å². The van der Waals surface area contributed by atoms with Gasteiger partial charge in [-0.25, -0.2) is 4.98 Å². The van der Waals surface area contributed by atoms with Crippen LogP contribution in [0, 0.1) is 5.92 Å². The van der Waals surface area contributed by atoms with Gasteiger partial charge < -0.3 is 10.6 Å². The number of carbonyl (C=O) groups excluding carboxylic acids is 1. The van der Waals surface area contributed by atoms with Crippen LogP contribution in [0.1, 0.15) is 43.0 Å². The molecule has 2 atom stereocenters. The summed E-state index contributed by atoms with van der Waals surface area (Å²) in [7, 11) is 0. The van der Waals surface area contributed by atoms with Gasteiger partial charge in [-0.1, -0.05) is 44.0 Å². The van der Waals surface area contributed by atoms with Crippen molar-refractivity contribution in [2.45, 2.75) is 43.5 Å². The van der Waals surface area contributed by atoms with E-state index >= 15 is 0 Å². The number of hydrogen-bond acceptors (Lipinski definition) is 4. The molecule has 0 saturated heterocycles. The van der Waals surface area contributed by atoms with Crippen molar-refractivity contribution < 1.29 is 4.79 Å². The Morgan fingerprint density at radius 1 is 1.07 bits per heavy atom. The topological polar surface area (TPSA) is 54.0 Å². The van der Waals surface area contributed by atoms with Crippen molar-refractivity contribution in [1.82, 2.24) is 10.3 Å². The lowest BCUT2D eigenvalue weighted by Crippen LogP contribution is -2.41. The summed E-state index contributed by atoms with van der Waals surface area (Å²) in [5.41, 5.74) is 2.46. The van der Waals surface area contributed by atoms with Crippen molar-refractivity contribution >= 4 is 40.1 Å². The molecule has 1 aliphatic carbocycles. The molecule has 0 unspecified atom stereocenters. The first kappa shape index (κ1) is 19.8. The van der Waals surface area contributed by atoms with Gasteiger partial charge in [0.15, 0.2) is 0 Å². The summed E-state index contributed by atoms with van der Waals surface area (Å²) in [5.74, 6) is 1.19. The van der Waals surface area contributed by atoms with Crippen molar-refractivity contribution in [2.24, 2.45) is 5.92 Å². The van der Waals surface area contributed by atoms with Crippen molar-refractivity contribution in [3.63, 3.8) is 0 Å². The molecule has 2 aromatic carbocycles. The van der Waals surface area contributed by atoms with E-state index in [9.17, 15) is 4.79 Å². The molecule has 0 radical (unpaired) electrons. The van der Waals surface area contributed by atoms with Crippen LogP contribution in [-0.2, 0) is 0 Å². The number of aromatic nitrogens is 1. The normalized spacial score (nSPS) is 19.1. The third-order valence-corrected chi connectivity index (χ3v) is 6.46. The van der Waals surface area contributed by atoms with E-state index in [0.29, 0.717) is 17.3 Å². The van der Waals surface area contributed by atoms with E-state index in [0.717, 1.165) is 23.0 Å². The molecule has 0 spiro atoms. The van der Waals surface area contributed by atoms with Crippen molar-refractivity contribution in [1.29, 1.82) is 0 Å². The number of benzene rings is 2. The Kier molecular flexibility index (Phi) is 6.05.